The number of nitrogens with zero attached hydrogens (tertiary/aromatic N) is 3. The van der Waals surface area contributed by atoms with Gasteiger partial charge in [0.2, 0.25) is 16.9 Å². The molecule has 0 aliphatic rings. The summed E-state index contributed by atoms with van der Waals surface area (Å²) >= 11 is 8.26. The molecule has 0 N–H and O–H groups in total. The average Bonchev–Trinajstić information content (AvgIpc) is 2.37. The molecule has 2 rings (SSSR count). The first-order valence-corrected chi connectivity index (χ1v) is 6.05. The van der Waals surface area contributed by atoms with Crippen LogP contribution in [0.25, 0.3) is 0 Å². The second-order valence-corrected chi connectivity index (χ2v) is 4.58. The minimum atomic E-state index is -0.993. The van der Waals surface area contributed by atoms with Crippen LogP contribution >= 0.6 is 27.5 Å². The van der Waals surface area contributed by atoms with E-state index in [-0.39, 0.29) is 9.76 Å². The molecular formula is C10H3BrClF2N3O3. The summed E-state index contributed by atoms with van der Waals surface area (Å²) in [5, 5.41) is 10.5. The van der Waals surface area contributed by atoms with Crippen LogP contribution in [0.2, 0.25) is 5.28 Å². The second-order valence-electron chi connectivity index (χ2n) is 3.39. The molecule has 1 heterocycles. The molecule has 1 aromatic carbocycles. The van der Waals surface area contributed by atoms with Crippen molar-refractivity contribution in [2.75, 3.05) is 0 Å². The summed E-state index contributed by atoms with van der Waals surface area (Å²) in [6, 6.07) is 1.63. The van der Waals surface area contributed by atoms with E-state index in [9.17, 15) is 18.9 Å². The van der Waals surface area contributed by atoms with E-state index in [1.807, 2.05) is 0 Å². The van der Waals surface area contributed by atoms with Crippen LogP contribution in [0.1, 0.15) is 0 Å². The Labute approximate surface area is 123 Å². The second kappa shape index (κ2) is 5.63. The summed E-state index contributed by atoms with van der Waals surface area (Å²) in [4.78, 5) is 16.8. The number of ether oxygens (including phenoxy) is 1. The Morgan fingerprint density at radius 2 is 2.05 bits per heavy atom. The van der Waals surface area contributed by atoms with E-state index < -0.39 is 33.9 Å². The van der Waals surface area contributed by atoms with Crippen molar-refractivity contribution in [3.8, 4) is 11.6 Å². The van der Waals surface area contributed by atoms with Gasteiger partial charge < -0.3 is 4.74 Å². The molecule has 0 aliphatic carbocycles. The highest BCUT2D eigenvalue weighted by molar-refractivity contribution is 9.10. The van der Waals surface area contributed by atoms with Crippen LogP contribution in [0.5, 0.6) is 11.6 Å². The van der Waals surface area contributed by atoms with Gasteiger partial charge in [-0.3, -0.25) is 10.1 Å². The van der Waals surface area contributed by atoms with Gasteiger partial charge in [-0.15, -0.1) is 0 Å². The van der Waals surface area contributed by atoms with Crippen molar-refractivity contribution in [3.05, 3.63) is 49.8 Å². The Balaban J connectivity index is 2.50. The minimum Gasteiger partial charge on any atom is -0.429 e. The largest absolute Gasteiger partial charge is 0.429 e. The molecule has 0 amide bonds. The van der Waals surface area contributed by atoms with Gasteiger partial charge in [-0.05, 0) is 27.5 Å². The maximum absolute atomic E-state index is 13.4. The van der Waals surface area contributed by atoms with Crippen molar-refractivity contribution in [2.45, 2.75) is 0 Å². The molecule has 0 saturated carbocycles. The Bertz CT molecular complexity index is 702. The molecule has 10 heteroatoms. The van der Waals surface area contributed by atoms with Crippen LogP contribution in [-0.4, -0.2) is 14.9 Å². The Morgan fingerprint density at radius 3 is 2.70 bits per heavy atom. The van der Waals surface area contributed by atoms with Gasteiger partial charge in [-0.1, -0.05) is 0 Å². The third-order valence-electron chi connectivity index (χ3n) is 2.09. The summed E-state index contributed by atoms with van der Waals surface area (Å²) in [5.41, 5.74) is -0.563. The first-order valence-electron chi connectivity index (χ1n) is 4.88. The molecule has 20 heavy (non-hydrogen) atoms. The van der Waals surface area contributed by atoms with E-state index in [4.69, 9.17) is 16.3 Å². The average molecular weight is 367 g/mol. The lowest BCUT2D eigenvalue weighted by Gasteiger charge is -2.07. The van der Waals surface area contributed by atoms with Crippen molar-refractivity contribution in [1.29, 1.82) is 0 Å². The molecule has 6 nitrogen and oxygen atoms in total. The number of aromatic nitrogens is 2. The molecule has 0 radical (unpaired) electrons. The number of hydrogen-bond acceptors (Lipinski definition) is 5. The maximum atomic E-state index is 13.4. The number of rotatable bonds is 3. The van der Waals surface area contributed by atoms with Crippen molar-refractivity contribution in [2.24, 2.45) is 0 Å². The lowest BCUT2D eigenvalue weighted by atomic mass is 10.3. The zero-order valence-corrected chi connectivity index (χ0v) is 11.7. The highest BCUT2D eigenvalue weighted by Crippen LogP contribution is 2.35. The molecule has 104 valence electrons. The number of nitro benzene ring substituents is 1. The van der Waals surface area contributed by atoms with Crippen LogP contribution in [-0.2, 0) is 0 Å². The first kappa shape index (κ1) is 14.5. The van der Waals surface area contributed by atoms with E-state index in [0.717, 1.165) is 18.3 Å². The molecule has 0 unspecified atom stereocenters. The molecular weight excluding hydrogens is 363 g/mol. The van der Waals surface area contributed by atoms with Crippen molar-refractivity contribution in [3.63, 3.8) is 0 Å². The minimum absolute atomic E-state index is 0.127. The van der Waals surface area contributed by atoms with E-state index in [1.165, 1.54) is 0 Å². The predicted molar refractivity (Wildman–Crippen MR) is 67.8 cm³/mol. The van der Waals surface area contributed by atoms with Crippen molar-refractivity contribution in [1.82, 2.24) is 9.97 Å². The Morgan fingerprint density at radius 1 is 1.35 bits per heavy atom. The molecule has 0 saturated heterocycles. The molecule has 2 aromatic rings. The standard InChI is InChI=1S/C10H3BrClF2N3O3/c11-4-1-7(17(18)19)8(2-5(4)13)20-9-6(14)3-15-10(12)16-9/h1-3H. The zero-order chi connectivity index (χ0) is 14.9. The highest BCUT2D eigenvalue weighted by atomic mass is 79.9. The monoisotopic (exact) mass is 365 g/mol. The fraction of sp³-hybridized carbons (Fsp3) is 0. The van der Waals surface area contributed by atoms with E-state index >= 15 is 0 Å². The normalized spacial score (nSPS) is 10.4. The van der Waals surface area contributed by atoms with Gasteiger partial charge in [0.05, 0.1) is 15.6 Å². The fourth-order valence-corrected chi connectivity index (χ4v) is 1.71. The third-order valence-corrected chi connectivity index (χ3v) is 2.88. The van der Waals surface area contributed by atoms with Crippen LogP contribution in [0, 0.1) is 21.7 Å². The quantitative estimate of drug-likeness (QED) is 0.468. The van der Waals surface area contributed by atoms with Gasteiger partial charge in [0.25, 0.3) is 5.88 Å². The van der Waals surface area contributed by atoms with E-state index in [0.29, 0.717) is 0 Å². The van der Waals surface area contributed by atoms with Crippen molar-refractivity contribution < 1.29 is 18.4 Å². The molecule has 1 aromatic heterocycles. The van der Waals surface area contributed by atoms with Crippen LogP contribution < -0.4 is 4.74 Å². The Kier molecular flexibility index (Phi) is 4.09. The van der Waals surface area contributed by atoms with Gasteiger partial charge in [-0.25, -0.2) is 9.37 Å². The lowest BCUT2D eigenvalue weighted by molar-refractivity contribution is -0.385. The number of benzene rings is 1. The van der Waals surface area contributed by atoms with Gasteiger partial charge in [-0.2, -0.15) is 9.37 Å². The third kappa shape index (κ3) is 2.99. The highest BCUT2D eigenvalue weighted by Gasteiger charge is 2.21. The zero-order valence-electron chi connectivity index (χ0n) is 9.31. The molecule has 0 bridgehead atoms. The fourth-order valence-electron chi connectivity index (χ4n) is 1.25. The lowest BCUT2D eigenvalue weighted by Crippen LogP contribution is -1.99. The number of hydrogen-bond donors (Lipinski definition) is 0. The van der Waals surface area contributed by atoms with Gasteiger partial charge in [0.1, 0.15) is 5.82 Å². The van der Waals surface area contributed by atoms with Crippen LogP contribution in [0.15, 0.2) is 22.8 Å². The molecule has 0 atom stereocenters. The van der Waals surface area contributed by atoms with Gasteiger partial charge >= 0.3 is 5.69 Å². The maximum Gasteiger partial charge on any atom is 0.312 e. The summed E-state index contributed by atoms with van der Waals surface area (Å²) in [6.07, 6.45) is 0.728. The van der Waals surface area contributed by atoms with E-state index in [2.05, 4.69) is 25.9 Å². The topological polar surface area (TPSA) is 78.2 Å². The molecule has 0 spiro atoms. The summed E-state index contributed by atoms with van der Waals surface area (Å²) in [7, 11) is 0. The smallest absolute Gasteiger partial charge is 0.312 e. The number of nitro groups is 1. The molecule has 0 aliphatic heterocycles. The van der Waals surface area contributed by atoms with Crippen LogP contribution in [0.4, 0.5) is 14.5 Å². The Hall–Kier alpha value is -1.87. The first-order chi connectivity index (χ1) is 9.38. The van der Waals surface area contributed by atoms with E-state index in [1.54, 1.807) is 0 Å². The van der Waals surface area contributed by atoms with Gasteiger partial charge in [0.15, 0.2) is 0 Å². The summed E-state index contributed by atoms with van der Waals surface area (Å²) in [5.74, 6) is -2.96. The summed E-state index contributed by atoms with van der Waals surface area (Å²) < 4.78 is 31.6. The van der Waals surface area contributed by atoms with Crippen LogP contribution in [0.3, 0.4) is 0 Å². The SMILES string of the molecule is O=[N+]([O-])c1cc(Br)c(F)cc1Oc1nc(Cl)ncc1F. The summed E-state index contributed by atoms with van der Waals surface area (Å²) in [6.45, 7) is 0. The van der Waals surface area contributed by atoms with Crippen molar-refractivity contribution >= 4 is 33.2 Å². The predicted octanol–water partition coefficient (Wildman–Crippen LogP) is 3.87. The molecule has 0 fully saturated rings. The number of halogens is 4. The van der Waals surface area contributed by atoms with Gasteiger partial charge in [0, 0.05) is 12.1 Å².